The number of anilines is 1. The monoisotopic (exact) mass is 384 g/mol. The van der Waals surface area contributed by atoms with Crippen LogP contribution in [0.4, 0.5) is 10.1 Å². The van der Waals surface area contributed by atoms with Gasteiger partial charge in [-0.1, -0.05) is 35.9 Å². The molecule has 0 spiro atoms. The highest BCUT2D eigenvalue weighted by molar-refractivity contribution is 6.32. The maximum absolute atomic E-state index is 13.9. The molecule has 0 N–H and O–H groups in total. The average Bonchev–Trinajstić information content (AvgIpc) is 3.18. The Kier molecular flexibility index (Phi) is 4.81. The van der Waals surface area contributed by atoms with Crippen LogP contribution in [0.3, 0.4) is 0 Å². The number of halogens is 2. The first kappa shape index (κ1) is 17.5. The van der Waals surface area contributed by atoms with Crippen LogP contribution in [0.1, 0.15) is 10.5 Å². The summed E-state index contributed by atoms with van der Waals surface area (Å²) < 4.78 is 15.5. The summed E-state index contributed by atoms with van der Waals surface area (Å²) in [7, 11) is 0. The number of piperazine rings is 1. The second-order valence-electron chi connectivity index (χ2n) is 6.33. The standard InChI is InChI=1S/C20H18ClFN4O/c21-15-5-1-3-7-18(15)26-10-9-17(23-26)20(27)25-13-11-24(12-14-25)19-8-4-2-6-16(19)22/h1-10H,11-14H2. The zero-order valence-corrected chi connectivity index (χ0v) is 15.3. The van der Waals surface area contributed by atoms with Crippen molar-refractivity contribution in [3.63, 3.8) is 0 Å². The summed E-state index contributed by atoms with van der Waals surface area (Å²) in [6.07, 6.45) is 1.73. The Morgan fingerprint density at radius 3 is 2.30 bits per heavy atom. The second kappa shape index (κ2) is 7.40. The first-order chi connectivity index (χ1) is 13.1. The molecule has 1 fully saturated rings. The Hall–Kier alpha value is -2.86. The molecule has 138 valence electrons. The molecule has 1 amide bonds. The second-order valence-corrected chi connectivity index (χ2v) is 6.73. The molecule has 1 saturated heterocycles. The molecular weight excluding hydrogens is 367 g/mol. The summed E-state index contributed by atoms with van der Waals surface area (Å²) in [5, 5.41) is 4.94. The van der Waals surface area contributed by atoms with Gasteiger partial charge in [0.15, 0.2) is 5.69 Å². The predicted octanol–water partition coefficient (Wildman–Crippen LogP) is 3.63. The Balaban J connectivity index is 1.44. The Morgan fingerprint density at radius 2 is 1.59 bits per heavy atom. The van der Waals surface area contributed by atoms with E-state index in [0.717, 1.165) is 5.69 Å². The molecule has 0 bridgehead atoms. The first-order valence-corrected chi connectivity index (χ1v) is 9.10. The summed E-state index contributed by atoms with van der Waals surface area (Å²) >= 11 is 6.19. The predicted molar refractivity (Wildman–Crippen MR) is 103 cm³/mol. The summed E-state index contributed by atoms with van der Waals surface area (Å²) in [5.41, 5.74) is 1.67. The number of carbonyl (C=O) groups excluding carboxylic acids is 1. The van der Waals surface area contributed by atoms with Crippen molar-refractivity contribution < 1.29 is 9.18 Å². The van der Waals surface area contributed by atoms with Gasteiger partial charge in [0.1, 0.15) is 5.82 Å². The summed E-state index contributed by atoms with van der Waals surface area (Å²) in [4.78, 5) is 16.5. The van der Waals surface area contributed by atoms with Crippen LogP contribution in [-0.4, -0.2) is 46.8 Å². The molecule has 5 nitrogen and oxygen atoms in total. The van der Waals surface area contributed by atoms with E-state index in [1.54, 1.807) is 40.0 Å². The normalized spacial score (nSPS) is 14.4. The van der Waals surface area contributed by atoms with Gasteiger partial charge in [0, 0.05) is 32.4 Å². The van der Waals surface area contributed by atoms with E-state index in [1.165, 1.54) is 6.07 Å². The van der Waals surface area contributed by atoms with Gasteiger partial charge in [0.25, 0.3) is 5.91 Å². The Bertz CT molecular complexity index is 966. The van der Waals surface area contributed by atoms with Crippen LogP contribution in [0, 0.1) is 5.82 Å². The lowest BCUT2D eigenvalue weighted by atomic mass is 10.2. The van der Waals surface area contributed by atoms with Gasteiger partial charge in [0.05, 0.1) is 16.4 Å². The van der Waals surface area contributed by atoms with Crippen LogP contribution in [0.5, 0.6) is 0 Å². The van der Waals surface area contributed by atoms with Crippen LogP contribution < -0.4 is 4.90 Å². The fourth-order valence-electron chi connectivity index (χ4n) is 3.23. The molecule has 1 aliphatic heterocycles. The fraction of sp³-hybridized carbons (Fsp3) is 0.200. The first-order valence-electron chi connectivity index (χ1n) is 8.73. The van der Waals surface area contributed by atoms with Crippen molar-refractivity contribution in [1.82, 2.24) is 14.7 Å². The van der Waals surface area contributed by atoms with E-state index in [-0.39, 0.29) is 11.7 Å². The maximum Gasteiger partial charge on any atom is 0.274 e. The zero-order chi connectivity index (χ0) is 18.8. The van der Waals surface area contributed by atoms with E-state index >= 15 is 0 Å². The number of para-hydroxylation sites is 2. The molecule has 0 atom stereocenters. The van der Waals surface area contributed by atoms with Crippen molar-refractivity contribution in [3.8, 4) is 5.69 Å². The lowest BCUT2D eigenvalue weighted by Gasteiger charge is -2.35. The summed E-state index contributed by atoms with van der Waals surface area (Å²) in [5.74, 6) is -0.371. The molecule has 0 aliphatic carbocycles. The lowest BCUT2D eigenvalue weighted by molar-refractivity contribution is 0.0740. The van der Waals surface area contributed by atoms with Crippen molar-refractivity contribution in [2.24, 2.45) is 0 Å². The largest absolute Gasteiger partial charge is 0.366 e. The smallest absolute Gasteiger partial charge is 0.274 e. The number of hydrogen-bond acceptors (Lipinski definition) is 3. The number of carbonyl (C=O) groups is 1. The van der Waals surface area contributed by atoms with Gasteiger partial charge in [0.2, 0.25) is 0 Å². The van der Waals surface area contributed by atoms with E-state index in [1.807, 2.05) is 29.2 Å². The number of hydrogen-bond donors (Lipinski definition) is 0. The highest BCUT2D eigenvalue weighted by Crippen LogP contribution is 2.22. The summed E-state index contributed by atoms with van der Waals surface area (Å²) in [6, 6.07) is 15.7. The Morgan fingerprint density at radius 1 is 0.926 bits per heavy atom. The van der Waals surface area contributed by atoms with E-state index in [9.17, 15) is 9.18 Å². The van der Waals surface area contributed by atoms with E-state index in [4.69, 9.17) is 11.6 Å². The molecule has 1 aliphatic rings. The average molecular weight is 385 g/mol. The van der Waals surface area contributed by atoms with Crippen molar-refractivity contribution >= 4 is 23.2 Å². The highest BCUT2D eigenvalue weighted by atomic mass is 35.5. The van der Waals surface area contributed by atoms with Crippen LogP contribution in [0.25, 0.3) is 5.69 Å². The molecule has 4 rings (SSSR count). The van der Waals surface area contributed by atoms with Crippen molar-refractivity contribution in [2.45, 2.75) is 0 Å². The topological polar surface area (TPSA) is 41.4 Å². The molecule has 1 aromatic heterocycles. The molecule has 0 radical (unpaired) electrons. The highest BCUT2D eigenvalue weighted by Gasteiger charge is 2.25. The third-order valence-corrected chi connectivity index (χ3v) is 4.99. The van der Waals surface area contributed by atoms with E-state index in [2.05, 4.69) is 5.10 Å². The lowest BCUT2D eigenvalue weighted by Crippen LogP contribution is -2.49. The molecule has 7 heteroatoms. The minimum Gasteiger partial charge on any atom is -0.366 e. The number of amides is 1. The SMILES string of the molecule is O=C(c1ccn(-c2ccccc2Cl)n1)N1CCN(c2ccccc2F)CC1. The Labute approximate surface area is 161 Å². The quantitative estimate of drug-likeness (QED) is 0.692. The molecule has 0 saturated carbocycles. The number of benzene rings is 2. The van der Waals surface area contributed by atoms with Crippen LogP contribution in [0.2, 0.25) is 5.02 Å². The molecule has 2 heterocycles. The number of rotatable bonds is 3. The van der Waals surface area contributed by atoms with Crippen molar-refractivity contribution in [3.05, 3.63) is 77.3 Å². The zero-order valence-electron chi connectivity index (χ0n) is 14.6. The van der Waals surface area contributed by atoms with Gasteiger partial charge in [-0.25, -0.2) is 9.07 Å². The molecular formula is C20H18ClFN4O. The van der Waals surface area contributed by atoms with Gasteiger partial charge in [-0.3, -0.25) is 4.79 Å². The van der Waals surface area contributed by atoms with Crippen molar-refractivity contribution in [1.29, 1.82) is 0 Å². The fourth-order valence-corrected chi connectivity index (χ4v) is 3.45. The number of aromatic nitrogens is 2. The molecule has 27 heavy (non-hydrogen) atoms. The van der Waals surface area contributed by atoms with Crippen LogP contribution in [-0.2, 0) is 0 Å². The third kappa shape index (κ3) is 3.53. The molecule has 0 unspecified atom stereocenters. The van der Waals surface area contributed by atoms with Gasteiger partial charge in [-0.05, 0) is 30.3 Å². The van der Waals surface area contributed by atoms with Gasteiger partial charge in [-0.15, -0.1) is 0 Å². The van der Waals surface area contributed by atoms with Crippen LogP contribution >= 0.6 is 11.6 Å². The third-order valence-electron chi connectivity index (χ3n) is 4.67. The number of nitrogens with zero attached hydrogens (tertiary/aromatic N) is 4. The maximum atomic E-state index is 13.9. The van der Waals surface area contributed by atoms with Gasteiger partial charge < -0.3 is 9.80 Å². The van der Waals surface area contributed by atoms with Crippen molar-refractivity contribution in [2.75, 3.05) is 31.1 Å². The minimum absolute atomic E-state index is 0.131. The van der Waals surface area contributed by atoms with Gasteiger partial charge >= 0.3 is 0 Å². The van der Waals surface area contributed by atoms with Crippen LogP contribution in [0.15, 0.2) is 60.8 Å². The summed E-state index contributed by atoms with van der Waals surface area (Å²) in [6.45, 7) is 2.20. The molecule has 3 aromatic rings. The van der Waals surface area contributed by atoms with E-state index in [0.29, 0.717) is 42.6 Å². The minimum atomic E-state index is -0.240. The van der Waals surface area contributed by atoms with Gasteiger partial charge in [-0.2, -0.15) is 5.10 Å². The van der Waals surface area contributed by atoms with E-state index < -0.39 is 0 Å². The molecule has 2 aromatic carbocycles.